The zero-order valence-corrected chi connectivity index (χ0v) is 3.10. The molecule has 32 valence electrons. The highest BCUT2D eigenvalue weighted by Crippen LogP contribution is 1.03. The molecule has 0 fully saturated rings. The van der Waals surface area contributed by atoms with E-state index in [0.29, 0.717) is 0 Å². The van der Waals surface area contributed by atoms with E-state index in [2.05, 4.69) is 0 Å². The third-order valence-corrected chi connectivity index (χ3v) is 0.200. The Balaban J connectivity index is 3.51. The Morgan fingerprint density at radius 1 is 1.67 bits per heavy atom. The highest BCUT2D eigenvalue weighted by atomic mass is 15.0. The molecular weight excluding hydrogens is 80.1 g/mol. The van der Waals surface area contributed by atoms with Crippen LogP contribution in [0.3, 0.4) is 0 Å². The van der Waals surface area contributed by atoms with Gasteiger partial charge in [-0.25, -0.2) is 0 Å². The fourth-order valence-electron chi connectivity index (χ4n) is 0.0645. The highest BCUT2D eigenvalue weighted by Gasteiger charge is 1.74. The SMILES string of the molecule is N#C[NH+]=C(N)N. The summed E-state index contributed by atoms with van der Waals surface area (Å²) in [4.78, 5) is 1.99. The lowest BCUT2D eigenvalue weighted by atomic mass is 11.1. The van der Waals surface area contributed by atoms with Gasteiger partial charge in [0.05, 0.1) is 0 Å². The molecule has 0 heterocycles. The number of hydrogen-bond acceptors (Lipinski definition) is 1. The first-order valence-electron chi connectivity index (χ1n) is 1.30. The Bertz CT molecular complexity index is 92.6. The van der Waals surface area contributed by atoms with E-state index < -0.39 is 0 Å². The van der Waals surface area contributed by atoms with Crippen molar-refractivity contribution in [3.63, 3.8) is 0 Å². The largest absolute Gasteiger partial charge is 0.323 e. The van der Waals surface area contributed by atoms with Crippen molar-refractivity contribution < 1.29 is 4.99 Å². The van der Waals surface area contributed by atoms with Gasteiger partial charge in [-0.2, -0.15) is 4.99 Å². The molecule has 0 saturated carbocycles. The van der Waals surface area contributed by atoms with Crippen LogP contribution in [0.5, 0.6) is 0 Å². The van der Waals surface area contributed by atoms with E-state index >= 15 is 0 Å². The average molecular weight is 85.1 g/mol. The van der Waals surface area contributed by atoms with Crippen LogP contribution in [0.2, 0.25) is 0 Å². The van der Waals surface area contributed by atoms with Gasteiger partial charge in [-0.15, -0.1) is 0 Å². The van der Waals surface area contributed by atoms with Crippen molar-refractivity contribution in [3.05, 3.63) is 0 Å². The van der Waals surface area contributed by atoms with Gasteiger partial charge in [0.15, 0.2) is 0 Å². The molecule has 4 heteroatoms. The molecule has 0 aliphatic carbocycles. The summed E-state index contributed by atoms with van der Waals surface area (Å²) in [5.74, 6) is -0.0718. The maximum Gasteiger partial charge on any atom is 0.323 e. The molecule has 5 N–H and O–H groups in total. The zero-order valence-electron chi connectivity index (χ0n) is 3.10. The van der Waals surface area contributed by atoms with E-state index in [0.717, 1.165) is 0 Å². The topological polar surface area (TPSA) is 89.8 Å². The van der Waals surface area contributed by atoms with Crippen LogP contribution in [0.25, 0.3) is 0 Å². The molecule has 0 aliphatic heterocycles. The Kier molecular flexibility index (Phi) is 1.61. The van der Waals surface area contributed by atoms with E-state index in [1.54, 1.807) is 0 Å². The molecule has 0 saturated heterocycles. The second-order valence-corrected chi connectivity index (χ2v) is 0.692. The molecule has 0 aromatic rings. The molecule has 0 bridgehead atoms. The summed E-state index contributed by atoms with van der Waals surface area (Å²) in [6.07, 6.45) is 1.53. The minimum absolute atomic E-state index is 0.0718. The Labute approximate surface area is 35.1 Å². The van der Waals surface area contributed by atoms with Gasteiger partial charge in [0, 0.05) is 0 Å². The van der Waals surface area contributed by atoms with E-state index in [4.69, 9.17) is 16.7 Å². The van der Waals surface area contributed by atoms with Gasteiger partial charge in [-0.3, -0.25) is 0 Å². The van der Waals surface area contributed by atoms with Crippen LogP contribution in [0, 0.1) is 11.5 Å². The lowest BCUT2D eigenvalue weighted by molar-refractivity contribution is -0.353. The summed E-state index contributed by atoms with van der Waals surface area (Å²) in [5.41, 5.74) is 9.53. The van der Waals surface area contributed by atoms with Crippen molar-refractivity contribution >= 4 is 5.96 Å². The van der Waals surface area contributed by atoms with Crippen molar-refractivity contribution in [2.24, 2.45) is 11.5 Å². The van der Waals surface area contributed by atoms with Crippen molar-refractivity contribution in [1.82, 2.24) is 0 Å². The molecule has 0 atom stereocenters. The van der Waals surface area contributed by atoms with E-state index in [1.165, 1.54) is 6.19 Å². The van der Waals surface area contributed by atoms with Gasteiger partial charge in [-0.1, -0.05) is 0 Å². The fourth-order valence-corrected chi connectivity index (χ4v) is 0.0645. The third-order valence-electron chi connectivity index (χ3n) is 0.200. The van der Waals surface area contributed by atoms with Crippen LogP contribution in [0.1, 0.15) is 0 Å². The van der Waals surface area contributed by atoms with Crippen LogP contribution in [0.4, 0.5) is 0 Å². The molecule has 0 aromatic carbocycles. The molecule has 4 nitrogen and oxygen atoms in total. The van der Waals surface area contributed by atoms with Gasteiger partial charge in [0.1, 0.15) is 0 Å². The van der Waals surface area contributed by atoms with Crippen LogP contribution >= 0.6 is 0 Å². The van der Waals surface area contributed by atoms with Crippen molar-refractivity contribution in [3.8, 4) is 6.19 Å². The monoisotopic (exact) mass is 85.1 g/mol. The number of nitrogens with two attached hydrogens (primary N) is 2. The molecule has 0 spiro atoms. The predicted octanol–water partition coefficient (Wildman–Crippen LogP) is -3.18. The van der Waals surface area contributed by atoms with Gasteiger partial charge in [0.2, 0.25) is 0 Å². The van der Waals surface area contributed by atoms with Crippen LogP contribution in [-0.2, 0) is 0 Å². The van der Waals surface area contributed by atoms with Crippen LogP contribution in [0.15, 0.2) is 0 Å². The standard InChI is InChI=1S/C2H4N4/c3-1-6-2(4)5/h(H4,4,5,6)/p+1. The molecule has 0 aliphatic rings. The Morgan fingerprint density at radius 2 is 2.17 bits per heavy atom. The number of rotatable bonds is 0. The number of nitrogens with zero attached hydrogens (tertiary/aromatic N) is 1. The third kappa shape index (κ3) is 2.76. The first-order valence-corrected chi connectivity index (χ1v) is 1.30. The first-order chi connectivity index (χ1) is 2.77. The summed E-state index contributed by atoms with van der Waals surface area (Å²) in [5, 5.41) is 7.69. The van der Waals surface area contributed by atoms with Crippen molar-refractivity contribution in [2.75, 3.05) is 0 Å². The maximum atomic E-state index is 7.69. The normalized spacial score (nSPS) is 5.83. The fraction of sp³-hybridized carbons (Fsp3) is 0. The second-order valence-electron chi connectivity index (χ2n) is 0.692. The molecule has 0 amide bonds. The first kappa shape index (κ1) is 4.76. The number of nitrogens with one attached hydrogen (secondary N) is 1. The Hall–Kier alpha value is -1.24. The van der Waals surface area contributed by atoms with Gasteiger partial charge in [0.25, 0.3) is 0 Å². The second kappa shape index (κ2) is 2.03. The van der Waals surface area contributed by atoms with E-state index in [1.807, 2.05) is 4.99 Å². The van der Waals surface area contributed by atoms with Gasteiger partial charge < -0.3 is 11.5 Å². The number of nitriles is 1. The van der Waals surface area contributed by atoms with E-state index in [-0.39, 0.29) is 5.96 Å². The maximum absolute atomic E-state index is 7.69. The summed E-state index contributed by atoms with van der Waals surface area (Å²) in [7, 11) is 0. The quantitative estimate of drug-likeness (QED) is 0.125. The minimum atomic E-state index is -0.0718. The summed E-state index contributed by atoms with van der Waals surface area (Å²) < 4.78 is 0. The number of hydrogen-bond donors (Lipinski definition) is 3. The lowest BCUT2D eigenvalue weighted by Crippen LogP contribution is -2.72. The predicted molar refractivity (Wildman–Crippen MR) is 20.0 cm³/mol. The van der Waals surface area contributed by atoms with Gasteiger partial charge in [-0.05, 0) is 5.26 Å². The Morgan fingerprint density at radius 3 is 2.17 bits per heavy atom. The smallest absolute Gasteiger partial charge is 0.310 e. The highest BCUT2D eigenvalue weighted by molar-refractivity contribution is 5.69. The molecule has 6 heavy (non-hydrogen) atoms. The van der Waals surface area contributed by atoms with Crippen LogP contribution < -0.4 is 16.5 Å². The lowest BCUT2D eigenvalue weighted by Gasteiger charge is -1.68. The average Bonchev–Trinajstić information content (AvgIpc) is 1.35. The molecule has 0 aromatic heterocycles. The molecule has 0 radical (unpaired) electrons. The minimum Gasteiger partial charge on any atom is -0.310 e. The summed E-state index contributed by atoms with van der Waals surface area (Å²) in [6.45, 7) is 0. The number of guanidine groups is 1. The van der Waals surface area contributed by atoms with Gasteiger partial charge >= 0.3 is 12.2 Å². The summed E-state index contributed by atoms with van der Waals surface area (Å²) >= 11 is 0. The molecule has 0 rings (SSSR count). The summed E-state index contributed by atoms with van der Waals surface area (Å²) in [6, 6.07) is 0. The zero-order chi connectivity index (χ0) is 4.99. The molecular formula is C2H5N4+. The van der Waals surface area contributed by atoms with E-state index in [9.17, 15) is 0 Å². The molecule has 0 unspecified atom stereocenters. The van der Waals surface area contributed by atoms with Crippen molar-refractivity contribution in [2.45, 2.75) is 0 Å². The van der Waals surface area contributed by atoms with Crippen LogP contribution in [-0.4, -0.2) is 5.96 Å². The van der Waals surface area contributed by atoms with Crippen molar-refractivity contribution in [1.29, 1.82) is 5.26 Å².